The number of anilines is 3. The summed E-state index contributed by atoms with van der Waals surface area (Å²) in [5.74, 6) is 0.0954. The summed E-state index contributed by atoms with van der Waals surface area (Å²) in [6.45, 7) is 8.57. The Labute approximate surface area is 259 Å². The molecule has 1 amide bonds. The first-order valence-electron chi connectivity index (χ1n) is 15.5. The third-order valence-electron chi connectivity index (χ3n) is 8.55. The maximum absolute atomic E-state index is 13.3. The molecule has 1 aliphatic heterocycles. The largest absolute Gasteiger partial charge is 0.390 e. The third-order valence-corrected chi connectivity index (χ3v) is 8.55. The van der Waals surface area contributed by atoms with Gasteiger partial charge in [-0.15, -0.1) is 0 Å². The average molecular weight is 594 g/mol. The van der Waals surface area contributed by atoms with Gasteiger partial charge in [-0.3, -0.25) is 14.5 Å². The molecule has 44 heavy (non-hydrogen) atoms. The fraction of sp³-hybridized carbons (Fsp3) is 0.361. The van der Waals surface area contributed by atoms with E-state index in [0.29, 0.717) is 16.9 Å². The lowest BCUT2D eigenvalue weighted by atomic mass is 9.93. The summed E-state index contributed by atoms with van der Waals surface area (Å²) in [7, 11) is 1.71. The molecule has 5 rings (SSSR count). The minimum atomic E-state index is -0.564. The highest BCUT2D eigenvalue weighted by Gasteiger charge is 2.27. The van der Waals surface area contributed by atoms with Crippen LogP contribution in [0.5, 0.6) is 0 Å². The summed E-state index contributed by atoms with van der Waals surface area (Å²) in [5.41, 5.74) is 5.92. The third kappa shape index (κ3) is 7.44. The zero-order valence-electron chi connectivity index (χ0n) is 26.2. The molecule has 0 aliphatic carbocycles. The van der Waals surface area contributed by atoms with Gasteiger partial charge in [0.2, 0.25) is 0 Å². The molecule has 0 radical (unpaired) electrons. The topological polar surface area (TPSA) is 99.5 Å². The van der Waals surface area contributed by atoms with Crippen LogP contribution >= 0.6 is 0 Å². The van der Waals surface area contributed by atoms with E-state index in [4.69, 9.17) is 4.98 Å². The monoisotopic (exact) mass is 593 g/mol. The van der Waals surface area contributed by atoms with Crippen molar-refractivity contribution < 1.29 is 9.90 Å². The lowest BCUT2D eigenvalue weighted by Crippen LogP contribution is -2.41. The Morgan fingerprint density at radius 2 is 1.75 bits per heavy atom. The minimum absolute atomic E-state index is 0.136. The number of nitrogens with zero attached hydrogens (tertiary/aromatic N) is 3. The van der Waals surface area contributed by atoms with Gasteiger partial charge in [-0.2, -0.15) is 0 Å². The van der Waals surface area contributed by atoms with Crippen LogP contribution in [0.15, 0.2) is 77.7 Å². The van der Waals surface area contributed by atoms with E-state index >= 15 is 0 Å². The van der Waals surface area contributed by atoms with Gasteiger partial charge in [0.15, 0.2) is 5.82 Å². The van der Waals surface area contributed by atoms with Crippen molar-refractivity contribution in [2.24, 2.45) is 7.05 Å². The number of aromatic nitrogens is 2. The van der Waals surface area contributed by atoms with Crippen LogP contribution in [0.3, 0.4) is 0 Å². The van der Waals surface area contributed by atoms with E-state index in [2.05, 4.69) is 34.6 Å². The molecule has 0 unspecified atom stereocenters. The van der Waals surface area contributed by atoms with Gasteiger partial charge < -0.3 is 20.3 Å². The SMILES string of the molecule is CCCCc1ccccc1C(=O)Nc1cccc(-c2cn(C)c(=O)c(Nc3ccc(CN4CCC(C)(O)CC4)cc3)n2)c1C. The van der Waals surface area contributed by atoms with E-state index in [1.54, 1.807) is 13.2 Å². The van der Waals surface area contributed by atoms with Crippen LogP contribution in [0, 0.1) is 6.92 Å². The Morgan fingerprint density at radius 1 is 1.02 bits per heavy atom. The van der Waals surface area contributed by atoms with Gasteiger partial charge in [0.05, 0.1) is 11.3 Å². The molecule has 1 aliphatic rings. The number of unbranched alkanes of at least 4 members (excludes halogenated alkanes) is 1. The summed E-state index contributed by atoms with van der Waals surface area (Å²) in [6.07, 6.45) is 6.24. The highest BCUT2D eigenvalue weighted by Crippen LogP contribution is 2.29. The molecule has 1 fully saturated rings. The second kappa shape index (κ2) is 13.6. The first-order chi connectivity index (χ1) is 21.1. The molecule has 2 heterocycles. The van der Waals surface area contributed by atoms with Crippen molar-refractivity contribution in [3.05, 3.63) is 106 Å². The van der Waals surface area contributed by atoms with Gasteiger partial charge in [-0.05, 0) is 80.5 Å². The van der Waals surface area contributed by atoms with Crippen molar-refractivity contribution in [1.82, 2.24) is 14.5 Å². The van der Waals surface area contributed by atoms with Crippen molar-refractivity contribution in [3.8, 4) is 11.3 Å². The van der Waals surface area contributed by atoms with Crippen molar-refractivity contribution >= 4 is 23.1 Å². The maximum Gasteiger partial charge on any atom is 0.293 e. The number of carbonyl (C=O) groups excluding carboxylic acids is 1. The number of amides is 1. The second-order valence-corrected chi connectivity index (χ2v) is 12.2. The molecule has 8 nitrogen and oxygen atoms in total. The Bertz CT molecular complexity index is 1670. The zero-order chi connectivity index (χ0) is 31.3. The van der Waals surface area contributed by atoms with E-state index in [9.17, 15) is 14.7 Å². The van der Waals surface area contributed by atoms with Crippen LogP contribution in [0.25, 0.3) is 11.3 Å². The number of hydrogen-bond donors (Lipinski definition) is 3. The molecule has 3 aromatic carbocycles. The Kier molecular flexibility index (Phi) is 9.61. The molecule has 8 heteroatoms. The fourth-order valence-corrected chi connectivity index (χ4v) is 5.66. The second-order valence-electron chi connectivity index (χ2n) is 12.2. The minimum Gasteiger partial charge on any atom is -0.390 e. The van der Waals surface area contributed by atoms with E-state index in [1.807, 2.05) is 68.4 Å². The molecule has 0 bridgehead atoms. The molecule has 230 valence electrons. The number of carbonyl (C=O) groups is 1. The van der Waals surface area contributed by atoms with Crippen LogP contribution in [-0.2, 0) is 20.0 Å². The van der Waals surface area contributed by atoms with Crippen molar-refractivity contribution in [2.45, 2.75) is 65.0 Å². The normalized spacial score (nSPS) is 14.8. The fourth-order valence-electron chi connectivity index (χ4n) is 5.66. The standard InChI is InChI=1S/C36H43N5O3/c1-5-6-10-27-11-7-8-12-30(27)34(42)39-31-14-9-13-29(25(31)2)32-24-40(4)35(43)33(38-32)37-28-17-15-26(16-18-28)23-41-21-19-36(3,44)20-22-41/h7-9,11-18,24,44H,5-6,10,19-23H2,1-4H3,(H,37,38)(H,39,42). The first kappa shape index (κ1) is 31.2. The number of aryl methyl sites for hydroxylation is 2. The van der Waals surface area contributed by atoms with Crippen molar-refractivity contribution in [1.29, 1.82) is 0 Å². The van der Waals surface area contributed by atoms with Gasteiger partial charge in [-0.1, -0.05) is 55.8 Å². The predicted molar refractivity (Wildman–Crippen MR) is 178 cm³/mol. The molecule has 1 saturated heterocycles. The number of rotatable bonds is 10. The number of likely N-dealkylation sites (tertiary alicyclic amines) is 1. The van der Waals surface area contributed by atoms with Gasteiger partial charge >= 0.3 is 0 Å². The summed E-state index contributed by atoms with van der Waals surface area (Å²) in [6, 6.07) is 21.5. The molecule has 0 atom stereocenters. The van der Waals surface area contributed by atoms with Crippen LogP contribution in [0.4, 0.5) is 17.2 Å². The summed E-state index contributed by atoms with van der Waals surface area (Å²) in [4.78, 5) is 33.5. The quantitative estimate of drug-likeness (QED) is 0.196. The molecule has 4 aromatic rings. The van der Waals surface area contributed by atoms with Gasteiger partial charge in [0.25, 0.3) is 11.5 Å². The highest BCUT2D eigenvalue weighted by atomic mass is 16.3. The van der Waals surface area contributed by atoms with Gasteiger partial charge in [0.1, 0.15) is 0 Å². The number of aliphatic hydroxyl groups is 1. The summed E-state index contributed by atoms with van der Waals surface area (Å²) >= 11 is 0. The van der Waals surface area contributed by atoms with Gasteiger partial charge in [0, 0.05) is 55.4 Å². The molecular formula is C36H43N5O3. The Balaban J connectivity index is 1.33. The van der Waals surface area contributed by atoms with E-state index in [0.717, 1.165) is 74.1 Å². The Hall–Kier alpha value is -4.27. The number of hydrogen-bond acceptors (Lipinski definition) is 6. The first-order valence-corrected chi connectivity index (χ1v) is 15.5. The van der Waals surface area contributed by atoms with Crippen LogP contribution in [0.1, 0.15) is 66.6 Å². The smallest absolute Gasteiger partial charge is 0.293 e. The number of benzene rings is 3. The van der Waals surface area contributed by atoms with E-state index < -0.39 is 5.60 Å². The van der Waals surface area contributed by atoms with Gasteiger partial charge in [-0.25, -0.2) is 4.98 Å². The lowest BCUT2D eigenvalue weighted by molar-refractivity contribution is -0.00730. The lowest BCUT2D eigenvalue weighted by Gasteiger charge is -2.35. The van der Waals surface area contributed by atoms with Crippen molar-refractivity contribution in [2.75, 3.05) is 23.7 Å². The predicted octanol–water partition coefficient (Wildman–Crippen LogP) is 6.44. The molecule has 0 spiro atoms. The molecular weight excluding hydrogens is 550 g/mol. The van der Waals surface area contributed by atoms with E-state index in [-0.39, 0.29) is 17.3 Å². The number of piperidine rings is 1. The van der Waals surface area contributed by atoms with Crippen LogP contribution in [0.2, 0.25) is 0 Å². The number of nitrogens with one attached hydrogen (secondary N) is 2. The maximum atomic E-state index is 13.3. The van der Waals surface area contributed by atoms with Crippen LogP contribution < -0.4 is 16.2 Å². The summed E-state index contributed by atoms with van der Waals surface area (Å²) < 4.78 is 1.53. The Morgan fingerprint density at radius 3 is 2.48 bits per heavy atom. The average Bonchev–Trinajstić information content (AvgIpc) is 3.01. The zero-order valence-corrected chi connectivity index (χ0v) is 26.2. The molecule has 1 aromatic heterocycles. The molecule has 0 saturated carbocycles. The van der Waals surface area contributed by atoms with Crippen molar-refractivity contribution in [3.63, 3.8) is 0 Å². The highest BCUT2D eigenvalue weighted by molar-refractivity contribution is 6.06. The molecule has 3 N–H and O–H groups in total. The van der Waals surface area contributed by atoms with Crippen LogP contribution in [-0.4, -0.2) is 44.2 Å². The summed E-state index contributed by atoms with van der Waals surface area (Å²) in [5, 5.41) is 16.5. The van der Waals surface area contributed by atoms with E-state index in [1.165, 1.54) is 10.1 Å².